The number of nitrogens with zero attached hydrogens (tertiary/aromatic N) is 1. The third-order valence-electron chi connectivity index (χ3n) is 2.70. The number of unbranched alkanes of at least 4 members (excludes halogenated alkanes) is 1. The lowest BCUT2D eigenvalue weighted by molar-refractivity contribution is 0.530. The van der Waals surface area contributed by atoms with Crippen LogP contribution in [0.25, 0.3) is 0 Å². The van der Waals surface area contributed by atoms with Crippen LogP contribution in [0.4, 0.5) is 5.82 Å². The molecule has 1 heterocycles. The summed E-state index contributed by atoms with van der Waals surface area (Å²) in [6.45, 7) is 4.73. The van der Waals surface area contributed by atoms with Crippen molar-refractivity contribution in [2.24, 2.45) is 11.8 Å². The maximum absolute atomic E-state index is 12.1. The number of hydrogen-bond acceptors (Lipinski definition) is 5. The molecule has 0 atom stereocenters. The van der Waals surface area contributed by atoms with E-state index in [1.807, 2.05) is 0 Å². The van der Waals surface area contributed by atoms with Gasteiger partial charge in [-0.05, 0) is 24.5 Å². The second kappa shape index (κ2) is 7.42. The highest BCUT2D eigenvalue weighted by atomic mass is 32.2. The number of hydrogen-bond donors (Lipinski definition) is 3. The van der Waals surface area contributed by atoms with Gasteiger partial charge in [-0.3, -0.25) is 0 Å². The van der Waals surface area contributed by atoms with E-state index in [9.17, 15) is 8.42 Å². The minimum Gasteiger partial charge on any atom is -0.307 e. The molecule has 6 nitrogen and oxygen atoms in total. The summed E-state index contributed by atoms with van der Waals surface area (Å²) in [5, 5.41) is 0. The molecular weight excluding hydrogens is 264 g/mol. The highest BCUT2D eigenvalue weighted by molar-refractivity contribution is 7.89. The molecule has 0 aliphatic heterocycles. The molecule has 0 radical (unpaired) electrons. The van der Waals surface area contributed by atoms with Gasteiger partial charge in [0.25, 0.3) is 0 Å². The van der Waals surface area contributed by atoms with Crippen molar-refractivity contribution in [3.8, 4) is 0 Å². The molecule has 0 aliphatic carbocycles. The van der Waals surface area contributed by atoms with E-state index in [1.54, 1.807) is 6.07 Å². The van der Waals surface area contributed by atoms with Crippen molar-refractivity contribution in [1.82, 2.24) is 9.71 Å². The van der Waals surface area contributed by atoms with Crippen molar-refractivity contribution >= 4 is 15.8 Å². The molecule has 7 heteroatoms. The van der Waals surface area contributed by atoms with Crippen LogP contribution in [-0.2, 0) is 10.0 Å². The Bertz CT molecular complexity index is 488. The smallest absolute Gasteiger partial charge is 0.244 e. The first-order valence-corrected chi connectivity index (χ1v) is 7.87. The Morgan fingerprint density at radius 2 is 2.11 bits per heavy atom. The molecule has 1 aromatic heterocycles. The van der Waals surface area contributed by atoms with Crippen LogP contribution in [-0.4, -0.2) is 19.9 Å². The molecule has 1 rings (SSSR count). The first-order valence-electron chi connectivity index (χ1n) is 6.38. The van der Waals surface area contributed by atoms with Crippen LogP contribution in [0.5, 0.6) is 0 Å². The zero-order chi connectivity index (χ0) is 14.3. The van der Waals surface area contributed by atoms with Crippen LogP contribution in [0.2, 0.25) is 0 Å². The fraction of sp³-hybridized carbons (Fsp3) is 0.583. The number of rotatable bonds is 8. The molecule has 108 valence electrons. The van der Waals surface area contributed by atoms with Crippen molar-refractivity contribution in [3.05, 3.63) is 18.3 Å². The highest BCUT2D eigenvalue weighted by Crippen LogP contribution is 2.16. The second-order valence-electron chi connectivity index (χ2n) is 4.78. The minimum absolute atomic E-state index is 0.0707. The van der Waals surface area contributed by atoms with Crippen LogP contribution in [0.3, 0.4) is 0 Å². The van der Waals surface area contributed by atoms with E-state index >= 15 is 0 Å². The van der Waals surface area contributed by atoms with Gasteiger partial charge in [0.15, 0.2) is 5.82 Å². The Morgan fingerprint density at radius 1 is 1.37 bits per heavy atom. The number of nitrogens with two attached hydrogens (primary N) is 1. The average molecular weight is 286 g/mol. The van der Waals surface area contributed by atoms with Gasteiger partial charge in [0.05, 0.1) is 0 Å². The van der Waals surface area contributed by atoms with E-state index in [1.165, 1.54) is 12.3 Å². The first kappa shape index (κ1) is 15.9. The Kier molecular flexibility index (Phi) is 6.20. The van der Waals surface area contributed by atoms with Crippen molar-refractivity contribution in [2.75, 3.05) is 12.0 Å². The topological polar surface area (TPSA) is 97.1 Å². The lowest BCUT2D eigenvalue weighted by Gasteiger charge is -2.10. The number of anilines is 1. The summed E-state index contributed by atoms with van der Waals surface area (Å²) in [6, 6.07) is 3.03. The summed E-state index contributed by atoms with van der Waals surface area (Å²) >= 11 is 0. The molecule has 0 aromatic carbocycles. The minimum atomic E-state index is -3.56. The highest BCUT2D eigenvalue weighted by Gasteiger charge is 2.18. The summed E-state index contributed by atoms with van der Waals surface area (Å²) in [7, 11) is -3.56. The normalized spacial score (nSPS) is 11.8. The molecule has 0 spiro atoms. The Morgan fingerprint density at radius 3 is 2.74 bits per heavy atom. The maximum atomic E-state index is 12.1. The summed E-state index contributed by atoms with van der Waals surface area (Å²) < 4.78 is 26.7. The Hall–Kier alpha value is -1.18. The Balaban J connectivity index is 2.56. The average Bonchev–Trinajstić information content (AvgIpc) is 2.37. The molecule has 0 bridgehead atoms. The SMILES string of the molecule is CC(C)CCCCNS(=O)(=O)c1cccnc1NN. The van der Waals surface area contributed by atoms with E-state index < -0.39 is 10.0 Å². The molecule has 0 saturated carbocycles. The summed E-state index contributed by atoms with van der Waals surface area (Å²) in [6.07, 6.45) is 4.42. The largest absolute Gasteiger partial charge is 0.307 e. The lowest BCUT2D eigenvalue weighted by atomic mass is 10.1. The predicted molar refractivity (Wildman–Crippen MR) is 75.9 cm³/mol. The predicted octanol–water partition coefficient (Wildman–Crippen LogP) is 1.47. The number of pyridine rings is 1. The van der Waals surface area contributed by atoms with Crippen LogP contribution in [0.1, 0.15) is 33.1 Å². The standard InChI is InChI=1S/C12H22N4O2S/c1-10(2)6-3-4-9-15-19(17,18)11-7-5-8-14-12(11)16-13/h5,7-8,10,15H,3-4,6,9,13H2,1-2H3,(H,14,16). The molecule has 0 unspecified atom stereocenters. The molecule has 4 N–H and O–H groups in total. The van der Waals surface area contributed by atoms with Crippen molar-refractivity contribution < 1.29 is 8.42 Å². The lowest BCUT2D eigenvalue weighted by Crippen LogP contribution is -2.26. The van der Waals surface area contributed by atoms with Crippen molar-refractivity contribution in [2.45, 2.75) is 38.0 Å². The number of nitrogens with one attached hydrogen (secondary N) is 2. The number of aromatic nitrogens is 1. The van der Waals surface area contributed by atoms with Gasteiger partial charge in [-0.25, -0.2) is 24.0 Å². The third-order valence-corrected chi connectivity index (χ3v) is 4.19. The fourth-order valence-corrected chi connectivity index (χ4v) is 2.87. The fourth-order valence-electron chi connectivity index (χ4n) is 1.68. The summed E-state index contributed by atoms with van der Waals surface area (Å²) in [5.41, 5.74) is 2.29. The molecule has 19 heavy (non-hydrogen) atoms. The van der Waals surface area contributed by atoms with E-state index in [-0.39, 0.29) is 10.7 Å². The molecule has 0 saturated heterocycles. The number of hydrazine groups is 1. The van der Waals surface area contributed by atoms with Gasteiger partial charge < -0.3 is 5.43 Å². The summed E-state index contributed by atoms with van der Waals surface area (Å²) in [4.78, 5) is 3.95. The number of sulfonamides is 1. The van der Waals surface area contributed by atoms with Gasteiger partial charge in [0.2, 0.25) is 10.0 Å². The zero-order valence-electron chi connectivity index (χ0n) is 11.4. The molecule has 0 fully saturated rings. The van der Waals surface area contributed by atoms with Gasteiger partial charge in [0.1, 0.15) is 4.90 Å². The zero-order valence-corrected chi connectivity index (χ0v) is 12.2. The molecular formula is C12H22N4O2S. The van der Waals surface area contributed by atoms with Gasteiger partial charge >= 0.3 is 0 Å². The monoisotopic (exact) mass is 286 g/mol. The van der Waals surface area contributed by atoms with Crippen molar-refractivity contribution in [3.63, 3.8) is 0 Å². The van der Waals surface area contributed by atoms with Gasteiger partial charge in [-0.15, -0.1) is 0 Å². The molecule has 0 aliphatic rings. The number of nitrogen functional groups attached to an aromatic ring is 1. The van der Waals surface area contributed by atoms with E-state index in [0.29, 0.717) is 12.5 Å². The molecule has 1 aromatic rings. The summed E-state index contributed by atoms with van der Waals surface area (Å²) in [5.74, 6) is 6.04. The van der Waals surface area contributed by atoms with Crippen molar-refractivity contribution in [1.29, 1.82) is 0 Å². The van der Waals surface area contributed by atoms with Gasteiger partial charge in [-0.1, -0.05) is 26.7 Å². The molecule has 0 amide bonds. The van der Waals surface area contributed by atoms with E-state index in [2.05, 4.69) is 29.0 Å². The van der Waals surface area contributed by atoms with Crippen LogP contribution < -0.4 is 16.0 Å². The Labute approximate surface area is 114 Å². The van der Waals surface area contributed by atoms with Crippen LogP contribution in [0.15, 0.2) is 23.2 Å². The van der Waals surface area contributed by atoms with E-state index in [4.69, 9.17) is 5.84 Å². The van der Waals surface area contributed by atoms with Gasteiger partial charge in [-0.2, -0.15) is 0 Å². The quantitative estimate of drug-likeness (QED) is 0.382. The van der Waals surface area contributed by atoms with Crippen LogP contribution >= 0.6 is 0 Å². The van der Waals surface area contributed by atoms with E-state index in [0.717, 1.165) is 19.3 Å². The first-order chi connectivity index (χ1) is 8.97. The second-order valence-corrected chi connectivity index (χ2v) is 6.52. The third kappa shape index (κ3) is 5.14. The maximum Gasteiger partial charge on any atom is 0.244 e. The van der Waals surface area contributed by atoms with Crippen LogP contribution in [0, 0.1) is 5.92 Å². The van der Waals surface area contributed by atoms with Gasteiger partial charge in [0, 0.05) is 12.7 Å².